The zero-order valence-corrected chi connectivity index (χ0v) is 19.4. The molecule has 2 aromatic carbocycles. The summed E-state index contributed by atoms with van der Waals surface area (Å²) in [6.45, 7) is 0. The number of hydrogen-bond acceptors (Lipinski definition) is 5. The molecule has 2 aliphatic rings. The monoisotopic (exact) mass is 547 g/mol. The van der Waals surface area contributed by atoms with E-state index in [1.807, 2.05) is 12.1 Å². The van der Waals surface area contributed by atoms with Gasteiger partial charge in [-0.1, -0.05) is 19.3 Å². The number of nitrogens with zero attached hydrogens (tertiary/aromatic N) is 3. The molecule has 2 aromatic rings. The van der Waals surface area contributed by atoms with Crippen molar-refractivity contribution in [2.24, 2.45) is 0 Å². The van der Waals surface area contributed by atoms with Gasteiger partial charge in [-0.2, -0.15) is 0 Å². The molecule has 0 spiro atoms. The number of halogens is 1. The van der Waals surface area contributed by atoms with Gasteiger partial charge in [-0.3, -0.25) is 24.5 Å². The van der Waals surface area contributed by atoms with Crippen LogP contribution in [0.25, 0.3) is 0 Å². The van der Waals surface area contributed by atoms with Gasteiger partial charge in [0.1, 0.15) is 6.04 Å². The van der Waals surface area contributed by atoms with Crippen molar-refractivity contribution in [1.82, 2.24) is 4.90 Å². The number of hydrogen-bond donors (Lipinski definition) is 0. The van der Waals surface area contributed by atoms with Crippen LogP contribution in [0.15, 0.2) is 48.5 Å². The van der Waals surface area contributed by atoms with Crippen molar-refractivity contribution in [2.45, 2.75) is 50.6 Å². The third-order valence-corrected chi connectivity index (χ3v) is 6.79. The summed E-state index contributed by atoms with van der Waals surface area (Å²) < 4.78 is 0.985. The second-order valence-corrected chi connectivity index (χ2v) is 9.32. The zero-order chi connectivity index (χ0) is 22.8. The second-order valence-electron chi connectivity index (χ2n) is 8.07. The summed E-state index contributed by atoms with van der Waals surface area (Å²) >= 11 is 2.15. The second kappa shape index (κ2) is 9.35. The first-order valence-electron chi connectivity index (χ1n) is 10.6. The third kappa shape index (κ3) is 4.38. The van der Waals surface area contributed by atoms with Gasteiger partial charge in [0.25, 0.3) is 17.5 Å². The lowest BCUT2D eigenvalue weighted by Crippen LogP contribution is -2.51. The predicted octanol–water partition coefficient (Wildman–Crippen LogP) is 4.31. The number of benzene rings is 2. The van der Waals surface area contributed by atoms with E-state index in [0.717, 1.165) is 35.7 Å². The van der Waals surface area contributed by atoms with E-state index < -0.39 is 16.9 Å². The average molecular weight is 547 g/mol. The molecule has 2 fully saturated rings. The summed E-state index contributed by atoms with van der Waals surface area (Å²) in [5.41, 5.74) is 0.659. The minimum Gasteiger partial charge on any atom is -0.323 e. The van der Waals surface area contributed by atoms with Gasteiger partial charge >= 0.3 is 0 Å². The van der Waals surface area contributed by atoms with E-state index in [0.29, 0.717) is 5.69 Å². The Bertz CT molecular complexity index is 1050. The summed E-state index contributed by atoms with van der Waals surface area (Å²) in [4.78, 5) is 52.9. The van der Waals surface area contributed by atoms with Crippen molar-refractivity contribution in [1.29, 1.82) is 0 Å². The van der Waals surface area contributed by atoms with E-state index in [4.69, 9.17) is 0 Å². The molecule has 0 bridgehead atoms. The normalized spacial score (nSPS) is 19.3. The molecule has 166 valence electrons. The standard InChI is InChI=1S/C23H22IN3O5/c24-16-8-12-18(13-9-16)26-21(28)14-20(23(26)30)25(17-4-2-1-3-5-17)22(29)15-6-10-19(11-7-15)27(31)32/h6-13,17,20H,1-5,14H2. The smallest absolute Gasteiger partial charge is 0.269 e. The molecule has 1 aliphatic carbocycles. The average Bonchev–Trinajstić information content (AvgIpc) is 3.09. The van der Waals surface area contributed by atoms with Crippen LogP contribution in [0.4, 0.5) is 11.4 Å². The molecule has 9 heteroatoms. The van der Waals surface area contributed by atoms with Crippen molar-refractivity contribution >= 4 is 51.7 Å². The molecule has 1 atom stereocenters. The molecule has 1 heterocycles. The lowest BCUT2D eigenvalue weighted by Gasteiger charge is -2.37. The maximum absolute atomic E-state index is 13.5. The third-order valence-electron chi connectivity index (χ3n) is 6.07. The molecule has 3 amide bonds. The van der Waals surface area contributed by atoms with Crippen LogP contribution >= 0.6 is 22.6 Å². The summed E-state index contributed by atoms with van der Waals surface area (Å²) in [5.74, 6) is -1.11. The first-order chi connectivity index (χ1) is 15.4. The number of rotatable bonds is 5. The Morgan fingerprint density at radius 2 is 1.62 bits per heavy atom. The maximum atomic E-state index is 13.5. The van der Waals surface area contributed by atoms with Crippen LogP contribution in [0.2, 0.25) is 0 Å². The van der Waals surface area contributed by atoms with E-state index in [9.17, 15) is 24.5 Å². The Morgan fingerprint density at radius 1 is 1.00 bits per heavy atom. The number of imide groups is 1. The first kappa shape index (κ1) is 22.4. The van der Waals surface area contributed by atoms with Gasteiger partial charge in [0.15, 0.2) is 0 Å². The number of non-ortho nitro benzene ring substituents is 1. The van der Waals surface area contributed by atoms with Crippen LogP contribution in [0, 0.1) is 13.7 Å². The summed E-state index contributed by atoms with van der Waals surface area (Å²) in [7, 11) is 0. The van der Waals surface area contributed by atoms with Crippen LogP contribution in [0.5, 0.6) is 0 Å². The SMILES string of the molecule is O=C1CC(N(C(=O)c2ccc([N+](=O)[O-])cc2)C2CCCCC2)C(=O)N1c1ccc(I)cc1. The van der Waals surface area contributed by atoms with Crippen LogP contribution in [0.3, 0.4) is 0 Å². The zero-order valence-electron chi connectivity index (χ0n) is 17.3. The Morgan fingerprint density at radius 3 is 2.22 bits per heavy atom. The number of amides is 3. The van der Waals surface area contributed by atoms with E-state index in [1.54, 1.807) is 17.0 Å². The molecule has 4 rings (SSSR count). The largest absolute Gasteiger partial charge is 0.323 e. The fourth-order valence-electron chi connectivity index (χ4n) is 4.49. The van der Waals surface area contributed by atoms with Crippen molar-refractivity contribution < 1.29 is 19.3 Å². The van der Waals surface area contributed by atoms with Gasteiger partial charge in [-0.05, 0) is 71.8 Å². The number of nitro groups is 1. The Labute approximate surface area is 198 Å². The van der Waals surface area contributed by atoms with E-state index in [1.165, 1.54) is 29.2 Å². The molecule has 1 saturated heterocycles. The Kier molecular flexibility index (Phi) is 6.54. The highest BCUT2D eigenvalue weighted by molar-refractivity contribution is 14.1. The van der Waals surface area contributed by atoms with E-state index >= 15 is 0 Å². The summed E-state index contributed by atoms with van der Waals surface area (Å²) in [6, 6.07) is 11.5. The van der Waals surface area contributed by atoms with E-state index in [2.05, 4.69) is 22.6 Å². The van der Waals surface area contributed by atoms with Crippen LogP contribution in [-0.4, -0.2) is 39.6 Å². The maximum Gasteiger partial charge on any atom is 0.269 e. The highest BCUT2D eigenvalue weighted by Gasteiger charge is 2.46. The minimum atomic E-state index is -0.882. The topological polar surface area (TPSA) is 101 Å². The van der Waals surface area contributed by atoms with Crippen molar-refractivity contribution in [3.05, 3.63) is 67.8 Å². The van der Waals surface area contributed by atoms with Crippen molar-refractivity contribution in [3.8, 4) is 0 Å². The van der Waals surface area contributed by atoms with E-state index in [-0.39, 0.29) is 35.5 Å². The van der Waals surface area contributed by atoms with Crippen LogP contribution in [-0.2, 0) is 9.59 Å². The number of carbonyl (C=O) groups is 3. The molecule has 1 aliphatic heterocycles. The summed E-state index contributed by atoms with van der Waals surface area (Å²) in [5, 5.41) is 11.0. The molecule has 0 N–H and O–H groups in total. The van der Waals surface area contributed by atoms with Gasteiger partial charge in [0, 0.05) is 27.3 Å². The molecule has 1 saturated carbocycles. The molecule has 0 radical (unpaired) electrons. The van der Waals surface area contributed by atoms with Gasteiger partial charge in [-0.15, -0.1) is 0 Å². The van der Waals surface area contributed by atoms with Crippen molar-refractivity contribution in [2.75, 3.05) is 4.90 Å². The predicted molar refractivity (Wildman–Crippen MR) is 126 cm³/mol. The van der Waals surface area contributed by atoms with Crippen LogP contribution in [0.1, 0.15) is 48.9 Å². The fraction of sp³-hybridized carbons (Fsp3) is 0.348. The van der Waals surface area contributed by atoms with Gasteiger partial charge < -0.3 is 4.90 Å². The molecule has 0 aromatic heterocycles. The molecule has 32 heavy (non-hydrogen) atoms. The Balaban J connectivity index is 1.66. The lowest BCUT2D eigenvalue weighted by atomic mass is 9.92. The van der Waals surface area contributed by atoms with Gasteiger partial charge in [0.2, 0.25) is 5.91 Å². The lowest BCUT2D eigenvalue weighted by molar-refractivity contribution is -0.384. The number of carbonyl (C=O) groups excluding carboxylic acids is 3. The fourth-order valence-corrected chi connectivity index (χ4v) is 4.85. The van der Waals surface area contributed by atoms with Gasteiger partial charge in [0.05, 0.1) is 17.0 Å². The molecular weight excluding hydrogens is 525 g/mol. The summed E-state index contributed by atoms with van der Waals surface area (Å²) in [6.07, 6.45) is 4.43. The Hall–Kier alpha value is -2.82. The number of anilines is 1. The van der Waals surface area contributed by atoms with Gasteiger partial charge in [-0.25, -0.2) is 4.90 Å². The number of nitro benzene ring substituents is 1. The molecule has 1 unspecified atom stereocenters. The van der Waals surface area contributed by atoms with Crippen molar-refractivity contribution in [3.63, 3.8) is 0 Å². The molecule has 8 nitrogen and oxygen atoms in total. The van der Waals surface area contributed by atoms with Crippen LogP contribution < -0.4 is 4.90 Å². The highest BCUT2D eigenvalue weighted by atomic mass is 127. The molecular formula is C23H22IN3O5. The highest BCUT2D eigenvalue weighted by Crippen LogP contribution is 2.32. The first-order valence-corrected chi connectivity index (χ1v) is 11.6. The minimum absolute atomic E-state index is 0.0694. The quantitative estimate of drug-likeness (QED) is 0.241.